The third-order valence-corrected chi connectivity index (χ3v) is 2.94. The number of hydrogen-bond donors (Lipinski definition) is 2. The summed E-state index contributed by atoms with van der Waals surface area (Å²) in [7, 11) is 0. The van der Waals surface area contributed by atoms with Gasteiger partial charge in [0.25, 0.3) is 0 Å². The number of aryl methyl sites for hydroxylation is 2. The highest BCUT2D eigenvalue weighted by Crippen LogP contribution is 2.19. The van der Waals surface area contributed by atoms with Crippen LogP contribution in [0.2, 0.25) is 0 Å². The number of nitrogens with one attached hydrogen (secondary N) is 1. The molecule has 16 heavy (non-hydrogen) atoms. The van der Waals surface area contributed by atoms with E-state index in [1.165, 1.54) is 16.7 Å². The van der Waals surface area contributed by atoms with Crippen molar-refractivity contribution < 1.29 is 0 Å². The quantitative estimate of drug-likeness (QED) is 0.825. The third-order valence-electron chi connectivity index (χ3n) is 2.94. The van der Waals surface area contributed by atoms with E-state index in [4.69, 9.17) is 5.73 Å². The van der Waals surface area contributed by atoms with Crippen LogP contribution in [0.1, 0.15) is 28.6 Å². The van der Waals surface area contributed by atoms with Gasteiger partial charge in [-0.15, -0.1) is 0 Å². The van der Waals surface area contributed by atoms with Gasteiger partial charge in [-0.1, -0.05) is 18.2 Å². The lowest BCUT2D eigenvalue weighted by atomic mass is 9.96. The molecule has 0 amide bonds. The number of aromatic amines is 1. The van der Waals surface area contributed by atoms with Crippen LogP contribution >= 0.6 is 0 Å². The highest BCUT2D eigenvalue weighted by molar-refractivity contribution is 5.34. The van der Waals surface area contributed by atoms with Crippen molar-refractivity contribution in [2.45, 2.75) is 26.3 Å². The number of nitrogens with zero attached hydrogens (tertiary/aromatic N) is 1. The Hall–Kier alpha value is -1.61. The fraction of sp³-hybridized carbons (Fsp3) is 0.308. The van der Waals surface area contributed by atoms with Crippen molar-refractivity contribution in [1.29, 1.82) is 0 Å². The minimum Gasteiger partial charge on any atom is -0.347 e. The highest BCUT2D eigenvalue weighted by atomic mass is 14.9. The molecule has 3 nitrogen and oxygen atoms in total. The molecule has 84 valence electrons. The zero-order valence-electron chi connectivity index (χ0n) is 9.70. The first kappa shape index (κ1) is 10.9. The molecule has 2 aromatic rings. The SMILES string of the molecule is Cc1cccc(C)c1CC(N)c1ncc[nH]1. The number of hydrogen-bond acceptors (Lipinski definition) is 2. The maximum absolute atomic E-state index is 6.12. The van der Waals surface area contributed by atoms with E-state index in [9.17, 15) is 0 Å². The molecule has 1 atom stereocenters. The number of benzene rings is 1. The summed E-state index contributed by atoms with van der Waals surface area (Å²) in [6.07, 6.45) is 4.37. The molecular formula is C13H17N3. The molecule has 0 aliphatic heterocycles. The summed E-state index contributed by atoms with van der Waals surface area (Å²) in [4.78, 5) is 7.25. The van der Waals surface area contributed by atoms with E-state index in [2.05, 4.69) is 42.0 Å². The smallest absolute Gasteiger partial charge is 0.123 e. The Morgan fingerprint density at radius 2 is 2.00 bits per heavy atom. The second kappa shape index (κ2) is 4.49. The van der Waals surface area contributed by atoms with E-state index in [1.54, 1.807) is 12.4 Å². The van der Waals surface area contributed by atoms with Gasteiger partial charge in [0.15, 0.2) is 0 Å². The Morgan fingerprint density at radius 3 is 2.56 bits per heavy atom. The van der Waals surface area contributed by atoms with Gasteiger partial charge in [-0.3, -0.25) is 0 Å². The molecule has 0 fully saturated rings. The van der Waals surface area contributed by atoms with Gasteiger partial charge in [-0.25, -0.2) is 4.98 Å². The van der Waals surface area contributed by atoms with Gasteiger partial charge >= 0.3 is 0 Å². The molecule has 1 unspecified atom stereocenters. The standard InChI is InChI=1S/C13H17N3/c1-9-4-3-5-10(2)11(9)8-12(14)13-15-6-7-16-13/h3-7,12H,8,14H2,1-2H3,(H,15,16). The summed E-state index contributed by atoms with van der Waals surface area (Å²) in [5, 5.41) is 0. The van der Waals surface area contributed by atoms with Gasteiger partial charge in [0.1, 0.15) is 5.82 Å². The first-order valence-corrected chi connectivity index (χ1v) is 5.48. The minimum atomic E-state index is -0.0604. The Kier molecular flexibility index (Phi) is 3.06. The molecule has 1 aromatic carbocycles. The van der Waals surface area contributed by atoms with Gasteiger partial charge < -0.3 is 10.7 Å². The lowest BCUT2D eigenvalue weighted by molar-refractivity contribution is 0.673. The van der Waals surface area contributed by atoms with Crippen LogP contribution in [0.3, 0.4) is 0 Å². The molecule has 3 heteroatoms. The summed E-state index contributed by atoms with van der Waals surface area (Å²) in [6, 6.07) is 6.26. The Morgan fingerprint density at radius 1 is 1.31 bits per heavy atom. The van der Waals surface area contributed by atoms with Gasteiger partial charge in [0, 0.05) is 12.4 Å². The van der Waals surface area contributed by atoms with Gasteiger partial charge in [0.2, 0.25) is 0 Å². The van der Waals surface area contributed by atoms with Gasteiger partial charge in [-0.2, -0.15) is 0 Å². The van der Waals surface area contributed by atoms with Crippen molar-refractivity contribution in [2.24, 2.45) is 5.73 Å². The second-order valence-corrected chi connectivity index (χ2v) is 4.16. The van der Waals surface area contributed by atoms with Crippen molar-refractivity contribution in [1.82, 2.24) is 9.97 Å². The first-order valence-electron chi connectivity index (χ1n) is 5.48. The van der Waals surface area contributed by atoms with Crippen LogP contribution in [0, 0.1) is 13.8 Å². The van der Waals surface area contributed by atoms with Crippen LogP contribution in [0.25, 0.3) is 0 Å². The molecule has 1 heterocycles. The maximum Gasteiger partial charge on any atom is 0.123 e. The van der Waals surface area contributed by atoms with E-state index < -0.39 is 0 Å². The summed E-state index contributed by atoms with van der Waals surface area (Å²) in [6.45, 7) is 4.24. The molecule has 0 aliphatic carbocycles. The number of aromatic nitrogens is 2. The fourth-order valence-electron chi connectivity index (χ4n) is 1.97. The molecule has 0 saturated carbocycles. The lowest BCUT2D eigenvalue weighted by Crippen LogP contribution is -2.16. The Labute approximate surface area is 95.7 Å². The zero-order valence-corrected chi connectivity index (χ0v) is 9.70. The van der Waals surface area contributed by atoms with E-state index in [-0.39, 0.29) is 6.04 Å². The van der Waals surface area contributed by atoms with E-state index in [0.717, 1.165) is 12.2 Å². The minimum absolute atomic E-state index is 0.0604. The average Bonchev–Trinajstić information content (AvgIpc) is 2.76. The summed E-state index contributed by atoms with van der Waals surface area (Å²) >= 11 is 0. The molecule has 0 saturated heterocycles. The predicted molar refractivity (Wildman–Crippen MR) is 65.1 cm³/mol. The molecule has 0 bridgehead atoms. The van der Waals surface area contributed by atoms with Crippen LogP contribution in [-0.4, -0.2) is 9.97 Å². The van der Waals surface area contributed by atoms with E-state index >= 15 is 0 Å². The van der Waals surface area contributed by atoms with E-state index in [1.807, 2.05) is 0 Å². The molecule has 0 aliphatic rings. The lowest BCUT2D eigenvalue weighted by Gasteiger charge is -2.13. The van der Waals surface area contributed by atoms with E-state index in [0.29, 0.717) is 0 Å². The summed E-state index contributed by atoms with van der Waals surface area (Å²) in [5.74, 6) is 0.850. The van der Waals surface area contributed by atoms with Crippen molar-refractivity contribution in [3.8, 4) is 0 Å². The molecule has 0 spiro atoms. The molecular weight excluding hydrogens is 198 g/mol. The molecule has 1 aromatic heterocycles. The predicted octanol–water partition coefficient (Wildman–Crippen LogP) is 2.27. The van der Waals surface area contributed by atoms with Crippen LogP contribution in [0.15, 0.2) is 30.6 Å². The largest absolute Gasteiger partial charge is 0.347 e. The summed E-state index contributed by atoms with van der Waals surface area (Å²) in [5.41, 5.74) is 10.0. The molecule has 2 rings (SSSR count). The molecule has 3 N–H and O–H groups in total. The average molecular weight is 215 g/mol. The van der Waals surface area contributed by atoms with Gasteiger partial charge in [-0.05, 0) is 37.0 Å². The molecule has 0 radical (unpaired) electrons. The topological polar surface area (TPSA) is 54.7 Å². The number of imidazole rings is 1. The normalized spacial score (nSPS) is 12.7. The zero-order chi connectivity index (χ0) is 11.5. The third kappa shape index (κ3) is 2.14. The van der Waals surface area contributed by atoms with Crippen molar-refractivity contribution in [2.75, 3.05) is 0 Å². The number of H-pyrrole nitrogens is 1. The monoisotopic (exact) mass is 215 g/mol. The van der Waals surface area contributed by atoms with Crippen LogP contribution < -0.4 is 5.73 Å². The van der Waals surface area contributed by atoms with Crippen LogP contribution in [0.5, 0.6) is 0 Å². The van der Waals surface area contributed by atoms with Crippen molar-refractivity contribution in [3.63, 3.8) is 0 Å². The Balaban J connectivity index is 2.21. The first-order chi connectivity index (χ1) is 7.68. The summed E-state index contributed by atoms with van der Waals surface area (Å²) < 4.78 is 0. The maximum atomic E-state index is 6.12. The van der Waals surface area contributed by atoms with Crippen LogP contribution in [-0.2, 0) is 6.42 Å². The van der Waals surface area contributed by atoms with Crippen LogP contribution in [0.4, 0.5) is 0 Å². The second-order valence-electron chi connectivity index (χ2n) is 4.16. The number of rotatable bonds is 3. The Bertz CT molecular complexity index is 440. The fourth-order valence-corrected chi connectivity index (χ4v) is 1.97. The van der Waals surface area contributed by atoms with Crippen molar-refractivity contribution in [3.05, 3.63) is 53.1 Å². The highest BCUT2D eigenvalue weighted by Gasteiger charge is 2.12. The van der Waals surface area contributed by atoms with Gasteiger partial charge in [0.05, 0.1) is 6.04 Å². The van der Waals surface area contributed by atoms with Crippen molar-refractivity contribution >= 4 is 0 Å². The number of nitrogens with two attached hydrogens (primary N) is 1.